The molecule has 0 aromatic carbocycles. The average Bonchev–Trinajstić information content (AvgIpc) is 2.28. The summed E-state index contributed by atoms with van der Waals surface area (Å²) in [5.41, 5.74) is 0. The highest BCUT2D eigenvalue weighted by Gasteiger charge is 2.01. The maximum atomic E-state index is 10.9. The van der Waals surface area contributed by atoms with Gasteiger partial charge in [-0.3, -0.25) is 9.59 Å². The zero-order valence-electron chi connectivity index (χ0n) is 9.40. The second-order valence-electron chi connectivity index (χ2n) is 3.32. The van der Waals surface area contributed by atoms with Crippen LogP contribution in [0.5, 0.6) is 0 Å². The zero-order chi connectivity index (χ0) is 12.4. The Morgan fingerprint density at radius 1 is 1.00 bits per heavy atom. The number of hydrogen-bond acceptors (Lipinski definition) is 5. The zero-order valence-corrected chi connectivity index (χ0v) is 11.2. The van der Waals surface area contributed by atoms with Crippen molar-refractivity contribution in [1.82, 2.24) is 15.5 Å². The highest BCUT2D eigenvalue weighted by molar-refractivity contribution is 7.81. The van der Waals surface area contributed by atoms with E-state index >= 15 is 0 Å². The van der Waals surface area contributed by atoms with Gasteiger partial charge in [0.25, 0.3) is 0 Å². The molecule has 0 saturated heterocycles. The van der Waals surface area contributed by atoms with Crippen molar-refractivity contribution < 1.29 is 9.59 Å². The minimum absolute atomic E-state index is 0.0693. The number of carbonyl (C=O) groups excluding carboxylic acids is 2. The minimum Gasteiger partial charge on any atom is -0.354 e. The fourth-order valence-electron chi connectivity index (χ4n) is 0.996. The largest absolute Gasteiger partial charge is 0.354 e. The van der Waals surface area contributed by atoms with Gasteiger partial charge < -0.3 is 15.5 Å². The molecule has 0 unspecified atom stereocenters. The topological polar surface area (TPSA) is 61.4 Å². The number of nitrogens with zero attached hydrogens (tertiary/aromatic N) is 1. The Morgan fingerprint density at radius 2 is 1.38 bits per heavy atom. The van der Waals surface area contributed by atoms with Crippen LogP contribution >= 0.6 is 25.3 Å². The molecular formula is C9H19N3O2S2. The SMILES string of the molecule is CN(CCNC(=O)CS)CCNC(=O)CS. The van der Waals surface area contributed by atoms with Crippen LogP contribution in [0.2, 0.25) is 0 Å². The summed E-state index contributed by atoms with van der Waals surface area (Å²) in [5, 5.41) is 5.43. The lowest BCUT2D eigenvalue weighted by Gasteiger charge is -2.16. The number of rotatable bonds is 8. The summed E-state index contributed by atoms with van der Waals surface area (Å²) in [7, 11) is 1.93. The van der Waals surface area contributed by atoms with Gasteiger partial charge in [0.15, 0.2) is 0 Å². The van der Waals surface area contributed by atoms with Crippen molar-refractivity contribution >= 4 is 37.1 Å². The van der Waals surface area contributed by atoms with E-state index in [1.807, 2.05) is 11.9 Å². The molecule has 0 spiro atoms. The van der Waals surface area contributed by atoms with Crippen LogP contribution < -0.4 is 10.6 Å². The lowest BCUT2D eigenvalue weighted by Crippen LogP contribution is -2.38. The van der Waals surface area contributed by atoms with Gasteiger partial charge in [-0.15, -0.1) is 0 Å². The van der Waals surface area contributed by atoms with Crippen molar-refractivity contribution in [3.8, 4) is 0 Å². The van der Waals surface area contributed by atoms with Crippen molar-refractivity contribution in [2.24, 2.45) is 0 Å². The summed E-state index contributed by atoms with van der Waals surface area (Å²) in [6.07, 6.45) is 0. The molecule has 2 amide bonds. The normalized spacial score (nSPS) is 10.2. The predicted octanol–water partition coefficient (Wildman–Crippen LogP) is -0.990. The van der Waals surface area contributed by atoms with E-state index < -0.39 is 0 Å². The Labute approximate surface area is 107 Å². The third kappa shape index (κ3) is 8.87. The van der Waals surface area contributed by atoms with Crippen molar-refractivity contribution in [1.29, 1.82) is 0 Å². The summed E-state index contributed by atoms with van der Waals surface area (Å²) in [4.78, 5) is 23.8. The Hall–Kier alpha value is -0.400. The highest BCUT2D eigenvalue weighted by Crippen LogP contribution is 1.81. The number of nitrogens with one attached hydrogen (secondary N) is 2. The first-order valence-electron chi connectivity index (χ1n) is 5.03. The molecule has 0 aromatic heterocycles. The van der Waals surface area contributed by atoms with Crippen LogP contribution in [0, 0.1) is 0 Å². The van der Waals surface area contributed by atoms with Crippen molar-refractivity contribution in [2.45, 2.75) is 0 Å². The lowest BCUT2D eigenvalue weighted by molar-refractivity contribution is -0.119. The first kappa shape index (κ1) is 15.6. The first-order chi connectivity index (χ1) is 7.60. The van der Waals surface area contributed by atoms with Crippen molar-refractivity contribution in [2.75, 3.05) is 44.7 Å². The maximum absolute atomic E-state index is 10.9. The molecule has 0 atom stereocenters. The molecule has 0 radical (unpaired) electrons. The molecule has 0 aliphatic heterocycles. The van der Waals surface area contributed by atoms with Crippen molar-refractivity contribution in [3.63, 3.8) is 0 Å². The van der Waals surface area contributed by atoms with E-state index in [-0.39, 0.29) is 23.3 Å². The molecular weight excluding hydrogens is 246 g/mol. The smallest absolute Gasteiger partial charge is 0.229 e. The molecule has 16 heavy (non-hydrogen) atoms. The molecule has 5 nitrogen and oxygen atoms in total. The standard InChI is InChI=1S/C9H19N3O2S2/c1-12(4-2-10-8(13)6-15)5-3-11-9(14)7-16/h15-16H,2-7H2,1H3,(H,10,13)(H,11,14). The summed E-state index contributed by atoms with van der Waals surface area (Å²) in [5.74, 6) is 0.281. The number of hydrogen-bond donors (Lipinski definition) is 4. The molecule has 2 N–H and O–H groups in total. The average molecular weight is 265 g/mol. The summed E-state index contributed by atoms with van der Waals surface area (Å²) >= 11 is 7.70. The Kier molecular flexibility index (Phi) is 9.55. The van der Waals surface area contributed by atoms with E-state index in [9.17, 15) is 9.59 Å². The highest BCUT2D eigenvalue weighted by atomic mass is 32.1. The molecule has 94 valence electrons. The number of likely N-dealkylation sites (N-methyl/N-ethyl adjacent to an activating group) is 1. The summed E-state index contributed by atoms with van der Waals surface area (Å²) in [6, 6.07) is 0. The molecule has 0 aromatic rings. The van der Waals surface area contributed by atoms with Gasteiger partial charge in [0.1, 0.15) is 0 Å². The van der Waals surface area contributed by atoms with Crippen LogP contribution in [-0.2, 0) is 9.59 Å². The van der Waals surface area contributed by atoms with E-state index in [1.165, 1.54) is 0 Å². The Bertz CT molecular complexity index is 205. The van der Waals surface area contributed by atoms with E-state index in [4.69, 9.17) is 0 Å². The van der Waals surface area contributed by atoms with Gasteiger partial charge in [-0.05, 0) is 7.05 Å². The van der Waals surface area contributed by atoms with Gasteiger partial charge in [-0.2, -0.15) is 25.3 Å². The molecule has 0 bridgehead atoms. The molecule has 0 saturated carbocycles. The molecule has 0 aliphatic rings. The van der Waals surface area contributed by atoms with Gasteiger partial charge in [0.2, 0.25) is 11.8 Å². The number of carbonyl (C=O) groups is 2. The molecule has 7 heteroatoms. The van der Waals surface area contributed by atoms with Gasteiger partial charge in [-0.25, -0.2) is 0 Å². The fraction of sp³-hybridized carbons (Fsp3) is 0.778. The summed E-state index contributed by atoms with van der Waals surface area (Å²) < 4.78 is 0. The van der Waals surface area contributed by atoms with Crippen LogP contribution in [0.15, 0.2) is 0 Å². The Balaban J connectivity index is 3.41. The monoisotopic (exact) mass is 265 g/mol. The molecule has 0 fully saturated rings. The third-order valence-electron chi connectivity index (χ3n) is 1.92. The van der Waals surface area contributed by atoms with Gasteiger partial charge in [-0.1, -0.05) is 0 Å². The quantitative estimate of drug-likeness (QED) is 0.426. The van der Waals surface area contributed by atoms with Crippen LogP contribution in [-0.4, -0.2) is 61.4 Å². The van der Waals surface area contributed by atoms with E-state index in [1.54, 1.807) is 0 Å². The first-order valence-corrected chi connectivity index (χ1v) is 6.30. The molecule has 0 rings (SSSR count). The fourth-order valence-corrected chi connectivity index (χ4v) is 1.22. The Morgan fingerprint density at radius 3 is 1.69 bits per heavy atom. The third-order valence-corrected chi connectivity index (χ3v) is 2.49. The minimum atomic E-state index is -0.0693. The number of amides is 2. The number of thiol groups is 2. The van der Waals surface area contributed by atoms with Crippen molar-refractivity contribution in [3.05, 3.63) is 0 Å². The van der Waals surface area contributed by atoms with E-state index in [0.717, 1.165) is 13.1 Å². The molecule has 0 aliphatic carbocycles. The van der Waals surface area contributed by atoms with Gasteiger partial charge >= 0.3 is 0 Å². The second-order valence-corrected chi connectivity index (χ2v) is 3.95. The van der Waals surface area contributed by atoms with Crippen LogP contribution in [0.3, 0.4) is 0 Å². The van der Waals surface area contributed by atoms with Crippen LogP contribution in [0.25, 0.3) is 0 Å². The predicted molar refractivity (Wildman–Crippen MR) is 71.2 cm³/mol. The van der Waals surface area contributed by atoms with Crippen LogP contribution in [0.4, 0.5) is 0 Å². The lowest BCUT2D eigenvalue weighted by atomic mass is 10.4. The summed E-state index contributed by atoms with van der Waals surface area (Å²) in [6.45, 7) is 2.68. The maximum Gasteiger partial charge on any atom is 0.229 e. The van der Waals surface area contributed by atoms with Crippen LogP contribution in [0.1, 0.15) is 0 Å². The van der Waals surface area contributed by atoms with Gasteiger partial charge in [0, 0.05) is 26.2 Å². The van der Waals surface area contributed by atoms with E-state index in [0.29, 0.717) is 13.1 Å². The van der Waals surface area contributed by atoms with Gasteiger partial charge in [0.05, 0.1) is 11.5 Å². The molecule has 0 heterocycles. The van der Waals surface area contributed by atoms with E-state index in [2.05, 4.69) is 35.9 Å². The second kappa shape index (κ2) is 9.80.